The second-order valence-corrected chi connectivity index (χ2v) is 7.06. The first-order valence-corrected chi connectivity index (χ1v) is 9.81. The van der Waals surface area contributed by atoms with Crippen molar-refractivity contribution in [2.75, 3.05) is 7.05 Å². The maximum atomic E-state index is 6.44. The van der Waals surface area contributed by atoms with Gasteiger partial charge in [0.15, 0.2) is 0 Å². The largest absolute Gasteiger partial charge is 0.487 e. The van der Waals surface area contributed by atoms with Gasteiger partial charge in [-0.2, -0.15) is 10.2 Å². The van der Waals surface area contributed by atoms with Gasteiger partial charge < -0.3 is 4.74 Å². The fourth-order valence-electron chi connectivity index (χ4n) is 2.62. The lowest BCUT2D eigenvalue weighted by Gasteiger charge is -2.14. The molecule has 3 nitrogen and oxygen atoms in total. The fourth-order valence-corrected chi connectivity index (χ4v) is 2.99. The number of halogens is 1. The summed E-state index contributed by atoms with van der Waals surface area (Å²) in [7, 11) is 1.65. The van der Waals surface area contributed by atoms with E-state index in [-0.39, 0.29) is 0 Å². The van der Waals surface area contributed by atoms with Gasteiger partial charge in [0.25, 0.3) is 0 Å². The molecule has 0 amide bonds. The van der Waals surface area contributed by atoms with E-state index >= 15 is 0 Å². The second kappa shape index (κ2) is 12.1. The van der Waals surface area contributed by atoms with Gasteiger partial charge in [-0.25, -0.2) is 0 Å². The summed E-state index contributed by atoms with van der Waals surface area (Å²) in [5, 5.41) is 8.91. The molecule has 0 aromatic heterocycles. The summed E-state index contributed by atoms with van der Waals surface area (Å²) in [5.41, 5.74) is 5.78. The molecule has 0 heterocycles. The van der Waals surface area contributed by atoms with E-state index in [1.807, 2.05) is 58.1 Å². The summed E-state index contributed by atoms with van der Waals surface area (Å²) >= 11 is 6.44. The lowest BCUT2D eigenvalue weighted by atomic mass is 10.0. The van der Waals surface area contributed by atoms with E-state index < -0.39 is 0 Å². The molecule has 0 spiro atoms. The van der Waals surface area contributed by atoms with Gasteiger partial charge in [-0.1, -0.05) is 61.0 Å². The normalized spacial score (nSPS) is 13.0. The summed E-state index contributed by atoms with van der Waals surface area (Å²) < 4.78 is 6.11. The lowest BCUT2D eigenvalue weighted by molar-refractivity contribution is 0.205. The number of rotatable bonds is 9. The fraction of sp³-hybridized carbons (Fsp3) is 0.333. The Morgan fingerprint density at radius 1 is 1.25 bits per heavy atom. The van der Waals surface area contributed by atoms with Gasteiger partial charge >= 0.3 is 0 Å². The first-order chi connectivity index (χ1) is 13.3. The van der Waals surface area contributed by atoms with Gasteiger partial charge in [-0.05, 0) is 68.5 Å². The Morgan fingerprint density at radius 2 is 1.96 bits per heavy atom. The van der Waals surface area contributed by atoms with Gasteiger partial charge in [0.05, 0.1) is 0 Å². The minimum atomic E-state index is 0.412. The van der Waals surface area contributed by atoms with Gasteiger partial charge in [0.2, 0.25) is 0 Å². The Kier molecular flexibility index (Phi) is 10.3. The molecule has 0 saturated carbocycles. The van der Waals surface area contributed by atoms with E-state index in [2.05, 4.69) is 35.9 Å². The maximum absolute atomic E-state index is 6.44. The van der Waals surface area contributed by atoms with Crippen LogP contribution >= 0.6 is 11.6 Å². The predicted molar refractivity (Wildman–Crippen MR) is 121 cm³/mol. The van der Waals surface area contributed by atoms with Gasteiger partial charge in [0, 0.05) is 12.1 Å². The number of nitrogens with zero attached hydrogens (tertiary/aromatic N) is 2. The van der Waals surface area contributed by atoms with Crippen LogP contribution in [0.4, 0.5) is 0 Å². The quantitative estimate of drug-likeness (QED) is 0.236. The molecule has 1 aromatic rings. The van der Waals surface area contributed by atoms with Crippen LogP contribution in [-0.4, -0.2) is 7.05 Å². The molecule has 0 radical (unpaired) electrons. The number of azo groups is 1. The van der Waals surface area contributed by atoms with Crippen molar-refractivity contribution >= 4 is 17.2 Å². The van der Waals surface area contributed by atoms with Crippen LogP contribution in [0.15, 0.2) is 86.9 Å². The number of benzene rings is 1. The first-order valence-electron chi connectivity index (χ1n) is 9.43. The van der Waals surface area contributed by atoms with Crippen molar-refractivity contribution < 1.29 is 4.74 Å². The van der Waals surface area contributed by atoms with Crippen molar-refractivity contribution in [1.82, 2.24) is 0 Å². The summed E-state index contributed by atoms with van der Waals surface area (Å²) in [6, 6.07) is 8.21. The highest BCUT2D eigenvalue weighted by Gasteiger charge is 2.10. The van der Waals surface area contributed by atoms with E-state index in [0.29, 0.717) is 12.4 Å². The summed E-state index contributed by atoms with van der Waals surface area (Å²) in [4.78, 5) is 0. The molecule has 0 aliphatic carbocycles. The molecule has 0 aliphatic rings. The summed E-state index contributed by atoms with van der Waals surface area (Å²) in [5.74, 6) is 0.665. The van der Waals surface area contributed by atoms with Gasteiger partial charge in [-0.3, -0.25) is 0 Å². The number of hydrogen-bond acceptors (Lipinski definition) is 3. The highest BCUT2D eigenvalue weighted by Crippen LogP contribution is 2.28. The van der Waals surface area contributed by atoms with E-state index in [1.54, 1.807) is 7.05 Å². The third-order valence-corrected chi connectivity index (χ3v) is 4.20. The molecule has 0 unspecified atom stereocenters. The molecule has 0 N–H and O–H groups in total. The zero-order valence-electron chi connectivity index (χ0n) is 17.8. The van der Waals surface area contributed by atoms with Crippen LogP contribution in [0.3, 0.4) is 0 Å². The molecule has 1 aromatic carbocycles. The average molecular weight is 399 g/mol. The molecule has 0 atom stereocenters. The van der Waals surface area contributed by atoms with Crippen LogP contribution in [0.25, 0.3) is 5.57 Å². The number of allylic oxidation sites excluding steroid dienone is 7. The zero-order valence-corrected chi connectivity index (χ0v) is 18.6. The average Bonchev–Trinajstić information content (AvgIpc) is 2.64. The van der Waals surface area contributed by atoms with Crippen LogP contribution < -0.4 is 0 Å². The molecule has 0 saturated heterocycles. The third kappa shape index (κ3) is 7.32. The Morgan fingerprint density at radius 3 is 2.50 bits per heavy atom. The van der Waals surface area contributed by atoms with Crippen molar-refractivity contribution in [2.24, 2.45) is 10.2 Å². The van der Waals surface area contributed by atoms with Crippen molar-refractivity contribution in [2.45, 2.75) is 47.6 Å². The van der Waals surface area contributed by atoms with Crippen molar-refractivity contribution in [3.8, 4) is 0 Å². The first kappa shape index (κ1) is 23.6. The lowest BCUT2D eigenvalue weighted by Crippen LogP contribution is -1.99. The maximum Gasteiger partial charge on any atom is 0.147 e. The summed E-state index contributed by atoms with van der Waals surface area (Å²) in [6.45, 7) is 14.3. The molecule has 1 rings (SSSR count). The molecule has 0 bridgehead atoms. The van der Waals surface area contributed by atoms with Gasteiger partial charge in [0.1, 0.15) is 18.1 Å². The number of hydrogen-bond donors (Lipinski definition) is 0. The zero-order chi connectivity index (χ0) is 21.1. The van der Waals surface area contributed by atoms with E-state index in [4.69, 9.17) is 16.3 Å². The molecular weight excluding hydrogens is 368 g/mol. The van der Waals surface area contributed by atoms with E-state index in [9.17, 15) is 0 Å². The standard InChI is InChI=1S/C24H31ClN2O/c1-8-11-22(25)21(9-2)20-13-10-12-19(15-20)16-28-23(14-17(3)4)24(18(5)6)27-26-7/h9-15H,3,8,16H2,1-2,4-7H3/b21-9-,22-11+,23-14+,27-26?. The monoisotopic (exact) mass is 398 g/mol. The SMILES string of the molecule is C=C(C)/C=C(/OCc1cccc(C(=C/C)/C(Cl)=C\CC)c1)C(N=NC)=C(C)C. The van der Waals surface area contributed by atoms with E-state index in [0.717, 1.165) is 45.0 Å². The van der Waals surface area contributed by atoms with Crippen LogP contribution in [0.1, 0.15) is 52.2 Å². The third-order valence-electron chi connectivity index (χ3n) is 3.85. The Labute approximate surface area is 174 Å². The van der Waals surface area contributed by atoms with Crippen molar-refractivity contribution in [3.63, 3.8) is 0 Å². The molecule has 0 aliphatic heterocycles. The second-order valence-electron chi connectivity index (χ2n) is 6.66. The number of ether oxygens (including phenoxy) is 1. The molecule has 150 valence electrons. The highest BCUT2D eigenvalue weighted by molar-refractivity contribution is 6.36. The molecule has 0 fully saturated rings. The smallest absolute Gasteiger partial charge is 0.147 e. The summed E-state index contributed by atoms with van der Waals surface area (Å²) in [6.07, 6.45) is 6.83. The Hall–Kier alpha value is -2.39. The topological polar surface area (TPSA) is 34.0 Å². The predicted octanol–water partition coefficient (Wildman–Crippen LogP) is 7.98. The van der Waals surface area contributed by atoms with Crippen LogP contribution in [-0.2, 0) is 11.3 Å². The van der Waals surface area contributed by atoms with Crippen molar-refractivity contribution in [3.05, 3.63) is 87.8 Å². The van der Waals surface area contributed by atoms with Gasteiger partial charge in [-0.15, -0.1) is 0 Å². The van der Waals surface area contributed by atoms with Crippen LogP contribution in [0, 0.1) is 0 Å². The molecule has 4 heteroatoms. The Balaban J connectivity index is 3.16. The van der Waals surface area contributed by atoms with Crippen molar-refractivity contribution in [1.29, 1.82) is 0 Å². The van der Waals surface area contributed by atoms with Crippen LogP contribution in [0.5, 0.6) is 0 Å². The minimum Gasteiger partial charge on any atom is -0.487 e. The van der Waals surface area contributed by atoms with E-state index in [1.165, 1.54) is 0 Å². The highest BCUT2D eigenvalue weighted by atomic mass is 35.5. The van der Waals surface area contributed by atoms with Crippen LogP contribution in [0.2, 0.25) is 0 Å². The minimum absolute atomic E-state index is 0.412. The molecule has 28 heavy (non-hydrogen) atoms. The Bertz CT molecular complexity index is 838. The molecular formula is C24H31ClN2O.